The van der Waals surface area contributed by atoms with Crippen LogP contribution in [0.2, 0.25) is 5.02 Å². The zero-order valence-electron chi connectivity index (χ0n) is 15.3. The van der Waals surface area contributed by atoms with Crippen molar-refractivity contribution in [3.05, 3.63) is 34.9 Å². The molecule has 2 N–H and O–H groups in total. The van der Waals surface area contributed by atoms with Crippen LogP contribution in [0.15, 0.2) is 24.3 Å². The number of benzene rings is 1. The molecule has 5 nitrogen and oxygen atoms in total. The van der Waals surface area contributed by atoms with Crippen LogP contribution in [0.5, 0.6) is 0 Å². The minimum atomic E-state index is -0.494. The maximum Gasteiger partial charge on any atom is 0.410 e. The number of likely N-dealkylation sites (tertiary alicyclic amines) is 1. The highest BCUT2D eigenvalue weighted by molar-refractivity contribution is 6.30. The van der Waals surface area contributed by atoms with Gasteiger partial charge in [-0.2, -0.15) is 0 Å². The molecule has 0 aromatic heterocycles. The molecular weight excluding hydrogens is 340 g/mol. The molecular formula is C19H29ClN2O3. The second-order valence-corrected chi connectivity index (χ2v) is 7.90. The van der Waals surface area contributed by atoms with Crippen molar-refractivity contribution < 1.29 is 14.3 Å². The summed E-state index contributed by atoms with van der Waals surface area (Å²) in [6.45, 7) is 7.89. The van der Waals surface area contributed by atoms with E-state index in [4.69, 9.17) is 26.8 Å². The van der Waals surface area contributed by atoms with E-state index in [9.17, 15) is 4.79 Å². The summed E-state index contributed by atoms with van der Waals surface area (Å²) in [6, 6.07) is 7.71. The third-order valence-corrected chi connectivity index (χ3v) is 4.37. The summed E-state index contributed by atoms with van der Waals surface area (Å²) in [5.74, 6) is 0.186. The molecule has 0 saturated carbocycles. The number of nitrogens with two attached hydrogens (primary N) is 1. The van der Waals surface area contributed by atoms with E-state index in [1.54, 1.807) is 4.90 Å². The summed E-state index contributed by atoms with van der Waals surface area (Å²) < 4.78 is 11.6. The number of amides is 1. The lowest BCUT2D eigenvalue weighted by atomic mass is 9.88. The van der Waals surface area contributed by atoms with Gasteiger partial charge in [-0.1, -0.05) is 23.7 Å². The molecule has 0 radical (unpaired) electrons. The molecule has 1 aromatic carbocycles. The predicted molar refractivity (Wildman–Crippen MR) is 99.7 cm³/mol. The van der Waals surface area contributed by atoms with Gasteiger partial charge in [-0.15, -0.1) is 0 Å². The Morgan fingerprint density at radius 3 is 2.84 bits per heavy atom. The Balaban J connectivity index is 2.12. The molecule has 140 valence electrons. The topological polar surface area (TPSA) is 64.8 Å². The van der Waals surface area contributed by atoms with Crippen molar-refractivity contribution in [3.8, 4) is 0 Å². The fourth-order valence-corrected chi connectivity index (χ4v) is 3.33. The number of halogens is 1. The molecule has 1 aromatic rings. The third-order valence-electron chi connectivity index (χ3n) is 4.13. The number of rotatable bonds is 5. The second-order valence-electron chi connectivity index (χ2n) is 7.46. The van der Waals surface area contributed by atoms with E-state index in [0.717, 1.165) is 18.4 Å². The molecule has 1 saturated heterocycles. The summed E-state index contributed by atoms with van der Waals surface area (Å²) >= 11 is 6.15. The van der Waals surface area contributed by atoms with Crippen LogP contribution < -0.4 is 5.73 Å². The molecule has 1 aliphatic heterocycles. The van der Waals surface area contributed by atoms with Crippen molar-refractivity contribution >= 4 is 17.7 Å². The number of hydrogen-bond donors (Lipinski definition) is 1. The van der Waals surface area contributed by atoms with Gasteiger partial charge in [-0.3, -0.25) is 0 Å². The van der Waals surface area contributed by atoms with Crippen LogP contribution in [0.1, 0.15) is 45.3 Å². The van der Waals surface area contributed by atoms with Crippen molar-refractivity contribution in [1.29, 1.82) is 0 Å². The molecule has 1 fully saturated rings. The molecule has 0 bridgehead atoms. The maximum atomic E-state index is 12.4. The summed E-state index contributed by atoms with van der Waals surface area (Å²) in [5, 5.41) is 0.679. The molecule has 0 aliphatic carbocycles. The Labute approximate surface area is 155 Å². The normalized spacial score (nSPS) is 19.6. The SMILES string of the molecule is CC(C)(C)OC(=O)N1CCC[C@@H]([C@@H](OCCN)c2cccc(Cl)c2)C1. The minimum Gasteiger partial charge on any atom is -0.444 e. The summed E-state index contributed by atoms with van der Waals surface area (Å²) in [7, 11) is 0. The Bertz CT molecular complexity index is 574. The highest BCUT2D eigenvalue weighted by atomic mass is 35.5. The molecule has 2 rings (SSSR count). The second kappa shape index (κ2) is 8.88. The van der Waals surface area contributed by atoms with Crippen molar-refractivity contribution in [2.75, 3.05) is 26.2 Å². The number of hydrogen-bond acceptors (Lipinski definition) is 4. The molecule has 1 aliphatic rings. The predicted octanol–water partition coefficient (Wildman–Crippen LogP) is 4.00. The number of ether oxygens (including phenoxy) is 2. The molecule has 0 unspecified atom stereocenters. The van der Waals surface area contributed by atoms with E-state index in [2.05, 4.69) is 0 Å². The lowest BCUT2D eigenvalue weighted by molar-refractivity contribution is -0.0233. The lowest BCUT2D eigenvalue weighted by Crippen LogP contribution is -2.44. The Kier molecular flexibility index (Phi) is 7.11. The Morgan fingerprint density at radius 1 is 1.44 bits per heavy atom. The smallest absolute Gasteiger partial charge is 0.410 e. The molecule has 25 heavy (non-hydrogen) atoms. The van der Waals surface area contributed by atoms with Crippen LogP contribution in [-0.4, -0.2) is 42.8 Å². The Hall–Kier alpha value is -1.30. The standard InChI is InChI=1S/C19H29ClN2O3/c1-19(2,3)25-18(23)22-10-5-7-15(13-22)17(24-11-9-21)14-6-4-8-16(20)12-14/h4,6,8,12,15,17H,5,7,9-11,13,21H2,1-3H3/t15-,17+/m1/s1. The number of nitrogens with zero attached hydrogens (tertiary/aromatic N) is 1. The number of carbonyl (C=O) groups is 1. The minimum absolute atomic E-state index is 0.132. The van der Waals surface area contributed by atoms with E-state index in [1.165, 1.54) is 0 Å². The zero-order valence-corrected chi connectivity index (χ0v) is 16.1. The average molecular weight is 369 g/mol. The quantitative estimate of drug-likeness (QED) is 0.852. The van der Waals surface area contributed by atoms with Gasteiger partial charge in [-0.25, -0.2) is 4.79 Å². The van der Waals surface area contributed by atoms with Gasteiger partial charge in [0.15, 0.2) is 0 Å². The van der Waals surface area contributed by atoms with Crippen molar-refractivity contribution in [2.45, 2.75) is 45.3 Å². The van der Waals surface area contributed by atoms with E-state index in [1.807, 2.05) is 45.0 Å². The number of piperidine rings is 1. The van der Waals surface area contributed by atoms with Crippen LogP contribution in [0.4, 0.5) is 4.79 Å². The van der Waals surface area contributed by atoms with Gasteiger partial charge in [0.1, 0.15) is 5.60 Å². The largest absolute Gasteiger partial charge is 0.444 e. The van der Waals surface area contributed by atoms with Gasteiger partial charge in [0.05, 0.1) is 12.7 Å². The monoisotopic (exact) mass is 368 g/mol. The van der Waals surface area contributed by atoms with Crippen molar-refractivity contribution in [1.82, 2.24) is 4.90 Å². The number of carbonyl (C=O) groups excluding carboxylic acids is 1. The van der Waals surface area contributed by atoms with Gasteiger partial charge in [-0.05, 0) is 51.3 Å². The van der Waals surface area contributed by atoms with E-state index < -0.39 is 5.60 Å². The molecule has 1 heterocycles. The van der Waals surface area contributed by atoms with Crippen LogP contribution in [0.3, 0.4) is 0 Å². The van der Waals surface area contributed by atoms with Crippen molar-refractivity contribution in [2.24, 2.45) is 11.7 Å². The first kappa shape index (κ1) is 20.0. The fraction of sp³-hybridized carbons (Fsp3) is 0.632. The van der Waals surface area contributed by atoms with E-state index in [0.29, 0.717) is 31.3 Å². The highest BCUT2D eigenvalue weighted by Gasteiger charge is 2.33. The first-order valence-electron chi connectivity index (χ1n) is 8.85. The van der Waals surface area contributed by atoms with E-state index >= 15 is 0 Å². The molecule has 6 heteroatoms. The first-order valence-corrected chi connectivity index (χ1v) is 9.23. The summed E-state index contributed by atoms with van der Waals surface area (Å²) in [5.41, 5.74) is 6.16. The summed E-state index contributed by atoms with van der Waals surface area (Å²) in [4.78, 5) is 14.2. The maximum absolute atomic E-state index is 12.4. The van der Waals surface area contributed by atoms with Gasteiger partial charge in [0.2, 0.25) is 0 Å². The van der Waals surface area contributed by atoms with Gasteiger partial charge >= 0.3 is 6.09 Å². The van der Waals surface area contributed by atoms with Crippen molar-refractivity contribution in [3.63, 3.8) is 0 Å². The van der Waals surface area contributed by atoms with Crippen LogP contribution >= 0.6 is 11.6 Å². The van der Waals surface area contributed by atoms with E-state index in [-0.39, 0.29) is 18.1 Å². The fourth-order valence-electron chi connectivity index (χ4n) is 3.13. The first-order chi connectivity index (χ1) is 11.8. The van der Waals surface area contributed by atoms with Crippen LogP contribution in [0, 0.1) is 5.92 Å². The molecule has 1 amide bonds. The van der Waals surface area contributed by atoms with Gasteiger partial charge < -0.3 is 20.1 Å². The van der Waals surface area contributed by atoms with Crippen LogP contribution in [-0.2, 0) is 9.47 Å². The third kappa shape index (κ3) is 6.17. The highest BCUT2D eigenvalue weighted by Crippen LogP contribution is 2.34. The molecule has 2 atom stereocenters. The summed E-state index contributed by atoms with van der Waals surface area (Å²) in [6.07, 6.45) is 1.52. The van der Waals surface area contributed by atoms with Gasteiger partial charge in [0, 0.05) is 30.6 Å². The molecule has 0 spiro atoms. The Morgan fingerprint density at radius 2 is 2.20 bits per heavy atom. The zero-order chi connectivity index (χ0) is 18.4. The lowest BCUT2D eigenvalue weighted by Gasteiger charge is -2.37. The average Bonchev–Trinajstić information content (AvgIpc) is 2.54. The van der Waals surface area contributed by atoms with Crippen LogP contribution in [0.25, 0.3) is 0 Å². The van der Waals surface area contributed by atoms with Gasteiger partial charge in [0.25, 0.3) is 0 Å².